The predicted octanol–water partition coefficient (Wildman–Crippen LogP) is 3.40. The van der Waals surface area contributed by atoms with Gasteiger partial charge in [-0.15, -0.1) is 11.8 Å². The zero-order valence-electron chi connectivity index (χ0n) is 20.0. The van der Waals surface area contributed by atoms with Crippen molar-refractivity contribution in [1.82, 2.24) is 9.62 Å². The molecule has 0 bridgehead atoms. The van der Waals surface area contributed by atoms with Crippen LogP contribution in [0, 0.1) is 0 Å². The summed E-state index contributed by atoms with van der Waals surface area (Å²) in [4.78, 5) is 27.8. The molecular formula is C25H31N3O5S2. The molecule has 35 heavy (non-hydrogen) atoms. The lowest BCUT2D eigenvalue weighted by Crippen LogP contribution is -2.43. The maximum atomic E-state index is 13.4. The highest BCUT2D eigenvalue weighted by Gasteiger charge is 2.32. The Balaban J connectivity index is 1.51. The highest BCUT2D eigenvalue weighted by atomic mass is 32.2. The second-order valence-electron chi connectivity index (χ2n) is 8.84. The average Bonchev–Trinajstić information content (AvgIpc) is 2.89. The second kappa shape index (κ2) is 11.0. The standard InChI is InChI=1S/C25H31N3O5S2/c1-27(19-8-4-3-5-9-19)35(31,32)21-11-12-23-22(14-21)28(25(30)17-34-23)16-24(29)26-15-18-7-6-10-20(13-18)33-2/h6-7,10-14,19H,3-5,8-9,15-17H2,1-2H3,(H,26,29). The van der Waals surface area contributed by atoms with E-state index in [4.69, 9.17) is 4.74 Å². The summed E-state index contributed by atoms with van der Waals surface area (Å²) in [7, 11) is -0.507. The fraction of sp³-hybridized carbons (Fsp3) is 0.440. The quantitative estimate of drug-likeness (QED) is 0.577. The number of fused-ring (bicyclic) bond motifs is 1. The lowest BCUT2D eigenvalue weighted by atomic mass is 9.96. The number of rotatable bonds is 8. The van der Waals surface area contributed by atoms with E-state index in [0.717, 1.165) is 42.6 Å². The number of amides is 2. The van der Waals surface area contributed by atoms with E-state index in [0.29, 0.717) is 18.0 Å². The van der Waals surface area contributed by atoms with E-state index in [1.807, 2.05) is 24.3 Å². The van der Waals surface area contributed by atoms with Gasteiger partial charge in [0.1, 0.15) is 12.3 Å². The molecule has 1 saturated carbocycles. The van der Waals surface area contributed by atoms with Crippen LogP contribution in [0.25, 0.3) is 0 Å². The molecule has 1 fully saturated rings. The van der Waals surface area contributed by atoms with Crippen LogP contribution >= 0.6 is 11.8 Å². The molecule has 2 aromatic carbocycles. The zero-order chi connectivity index (χ0) is 25.0. The molecular weight excluding hydrogens is 486 g/mol. The van der Waals surface area contributed by atoms with Gasteiger partial charge < -0.3 is 15.0 Å². The Bertz CT molecular complexity index is 1200. The molecule has 1 aliphatic heterocycles. The molecule has 8 nitrogen and oxygen atoms in total. The van der Waals surface area contributed by atoms with Gasteiger partial charge in [0.2, 0.25) is 21.8 Å². The Kier molecular flexibility index (Phi) is 8.03. The number of nitrogens with zero attached hydrogens (tertiary/aromatic N) is 2. The number of carbonyl (C=O) groups is 2. The minimum absolute atomic E-state index is 0.0146. The van der Waals surface area contributed by atoms with Gasteiger partial charge in [-0.1, -0.05) is 31.4 Å². The number of benzene rings is 2. The number of nitrogens with one attached hydrogen (secondary N) is 1. The van der Waals surface area contributed by atoms with Crippen molar-refractivity contribution in [2.75, 3.05) is 31.4 Å². The lowest BCUT2D eigenvalue weighted by molar-refractivity contribution is -0.123. The normalized spacial score (nSPS) is 16.8. The van der Waals surface area contributed by atoms with Crippen molar-refractivity contribution >= 4 is 39.3 Å². The summed E-state index contributed by atoms with van der Waals surface area (Å²) in [5.74, 6) is 0.339. The first-order valence-corrected chi connectivity index (χ1v) is 14.2. The van der Waals surface area contributed by atoms with E-state index in [1.165, 1.54) is 27.0 Å². The molecule has 188 valence electrons. The Morgan fingerprint density at radius 3 is 2.69 bits per heavy atom. The highest BCUT2D eigenvalue weighted by Crippen LogP contribution is 2.38. The van der Waals surface area contributed by atoms with Crippen molar-refractivity contribution in [2.45, 2.75) is 54.5 Å². The first-order chi connectivity index (χ1) is 16.8. The lowest BCUT2D eigenvalue weighted by Gasteiger charge is -2.32. The maximum absolute atomic E-state index is 13.4. The van der Waals surface area contributed by atoms with Crippen molar-refractivity contribution in [2.24, 2.45) is 0 Å². The fourth-order valence-corrected chi connectivity index (χ4v) is 6.86. The molecule has 2 aromatic rings. The Hall–Kier alpha value is -2.56. The van der Waals surface area contributed by atoms with Crippen LogP contribution in [0.3, 0.4) is 0 Å². The molecule has 10 heteroatoms. The number of ether oxygens (including phenoxy) is 1. The van der Waals surface area contributed by atoms with E-state index in [-0.39, 0.29) is 35.0 Å². The fourth-order valence-electron chi connectivity index (χ4n) is 4.51. The molecule has 0 aromatic heterocycles. The van der Waals surface area contributed by atoms with Gasteiger partial charge in [-0.3, -0.25) is 9.59 Å². The summed E-state index contributed by atoms with van der Waals surface area (Å²) in [6.45, 7) is 0.110. The number of carbonyl (C=O) groups excluding carboxylic acids is 2. The van der Waals surface area contributed by atoms with Crippen LogP contribution < -0.4 is 15.0 Å². The SMILES string of the molecule is COc1cccc(CNC(=O)CN2C(=O)CSc3ccc(S(=O)(=O)N(C)C4CCCCC4)cc32)c1. The largest absolute Gasteiger partial charge is 0.497 e. The van der Waals surface area contributed by atoms with Gasteiger partial charge in [0.05, 0.1) is 23.4 Å². The number of thioether (sulfide) groups is 1. The second-order valence-corrected chi connectivity index (χ2v) is 11.9. The van der Waals surface area contributed by atoms with Gasteiger partial charge >= 0.3 is 0 Å². The predicted molar refractivity (Wildman–Crippen MR) is 136 cm³/mol. The number of hydrogen-bond acceptors (Lipinski definition) is 6. The number of hydrogen-bond donors (Lipinski definition) is 1. The summed E-state index contributed by atoms with van der Waals surface area (Å²) in [6.07, 6.45) is 4.90. The summed E-state index contributed by atoms with van der Waals surface area (Å²) in [5, 5.41) is 2.83. The molecule has 0 spiro atoms. The van der Waals surface area contributed by atoms with E-state index in [1.54, 1.807) is 26.3 Å². The molecule has 0 unspecified atom stereocenters. The molecule has 2 amide bonds. The first kappa shape index (κ1) is 25.5. The van der Waals surface area contributed by atoms with Crippen molar-refractivity contribution in [1.29, 1.82) is 0 Å². The van der Waals surface area contributed by atoms with Gasteiger partial charge in [-0.05, 0) is 48.7 Å². The van der Waals surface area contributed by atoms with Crippen LogP contribution in [-0.2, 0) is 26.2 Å². The molecule has 0 radical (unpaired) electrons. The smallest absolute Gasteiger partial charge is 0.243 e. The van der Waals surface area contributed by atoms with Crippen LogP contribution in [-0.4, -0.2) is 57.0 Å². The molecule has 1 aliphatic carbocycles. The van der Waals surface area contributed by atoms with Crippen LogP contribution in [0.5, 0.6) is 5.75 Å². The number of sulfonamides is 1. The van der Waals surface area contributed by atoms with Gasteiger partial charge in [-0.2, -0.15) is 4.31 Å². The van der Waals surface area contributed by atoms with Crippen molar-refractivity contribution < 1.29 is 22.7 Å². The monoisotopic (exact) mass is 517 g/mol. The van der Waals surface area contributed by atoms with Crippen molar-refractivity contribution in [3.63, 3.8) is 0 Å². The third-order valence-electron chi connectivity index (χ3n) is 6.56. The summed E-state index contributed by atoms with van der Waals surface area (Å²) >= 11 is 1.35. The number of methoxy groups -OCH3 is 1. The van der Waals surface area contributed by atoms with Crippen LogP contribution in [0.4, 0.5) is 5.69 Å². The molecule has 1 N–H and O–H groups in total. The molecule has 2 aliphatic rings. The summed E-state index contributed by atoms with van der Waals surface area (Å²) < 4.78 is 33.4. The molecule has 0 saturated heterocycles. The Labute approximate surface area is 211 Å². The average molecular weight is 518 g/mol. The van der Waals surface area contributed by atoms with Crippen molar-refractivity contribution in [3.8, 4) is 5.75 Å². The van der Waals surface area contributed by atoms with Gasteiger partial charge in [0, 0.05) is 24.5 Å². The summed E-state index contributed by atoms with van der Waals surface area (Å²) in [6, 6.07) is 12.2. The Morgan fingerprint density at radius 2 is 1.94 bits per heavy atom. The molecule has 4 rings (SSSR count). The van der Waals surface area contributed by atoms with E-state index in [2.05, 4.69) is 5.32 Å². The first-order valence-electron chi connectivity index (χ1n) is 11.7. The topological polar surface area (TPSA) is 96.0 Å². The van der Waals surface area contributed by atoms with Crippen LogP contribution in [0.15, 0.2) is 52.3 Å². The molecule has 1 heterocycles. The van der Waals surface area contributed by atoms with Crippen LogP contribution in [0.1, 0.15) is 37.7 Å². The van der Waals surface area contributed by atoms with E-state index < -0.39 is 10.0 Å². The minimum Gasteiger partial charge on any atom is -0.497 e. The third-order valence-corrected chi connectivity index (χ3v) is 9.52. The van der Waals surface area contributed by atoms with Crippen LogP contribution in [0.2, 0.25) is 0 Å². The molecule has 0 atom stereocenters. The third kappa shape index (κ3) is 5.82. The minimum atomic E-state index is -3.72. The van der Waals surface area contributed by atoms with Gasteiger partial charge in [0.15, 0.2) is 0 Å². The number of anilines is 1. The highest BCUT2D eigenvalue weighted by molar-refractivity contribution is 8.00. The van der Waals surface area contributed by atoms with Gasteiger partial charge in [-0.25, -0.2) is 8.42 Å². The Morgan fingerprint density at radius 1 is 1.17 bits per heavy atom. The van der Waals surface area contributed by atoms with Crippen molar-refractivity contribution in [3.05, 3.63) is 48.0 Å². The van der Waals surface area contributed by atoms with Gasteiger partial charge in [0.25, 0.3) is 0 Å². The van der Waals surface area contributed by atoms with E-state index in [9.17, 15) is 18.0 Å². The maximum Gasteiger partial charge on any atom is 0.243 e. The van der Waals surface area contributed by atoms with E-state index >= 15 is 0 Å². The summed E-state index contributed by atoms with van der Waals surface area (Å²) in [5.41, 5.74) is 1.33. The zero-order valence-corrected chi connectivity index (χ0v) is 21.7.